The molecule has 6 aromatic carbocycles. The van der Waals surface area contributed by atoms with E-state index in [9.17, 15) is 10.0 Å². The zero-order valence-corrected chi connectivity index (χ0v) is 21.9. The Bertz CT molecular complexity index is 1720. The van der Waals surface area contributed by atoms with Crippen LogP contribution in [0.1, 0.15) is 0 Å². The predicted molar refractivity (Wildman–Crippen MR) is 167 cm³/mol. The Hall–Kier alpha value is -4.90. The second-order valence-electron chi connectivity index (χ2n) is 9.68. The first-order valence-electron chi connectivity index (χ1n) is 13.3. The molecule has 0 unspecified atom stereocenters. The van der Waals surface area contributed by atoms with Crippen LogP contribution in [0.3, 0.4) is 0 Å². The molecule has 0 aliphatic heterocycles. The molecule has 4 heteroatoms. The van der Waals surface area contributed by atoms with Crippen molar-refractivity contribution in [2.24, 2.45) is 0 Å². The second kappa shape index (κ2) is 11.5. The summed E-state index contributed by atoms with van der Waals surface area (Å²) in [4.78, 5) is 2.23. The number of para-hydroxylation sites is 1. The number of hydrogen-bond donors (Lipinski definition) is 2. The van der Waals surface area contributed by atoms with E-state index in [0.717, 1.165) is 39.3 Å². The van der Waals surface area contributed by atoms with Gasteiger partial charge in [0.25, 0.3) is 0 Å². The molecule has 0 spiro atoms. The summed E-state index contributed by atoms with van der Waals surface area (Å²) in [6.07, 6.45) is 0. The molecule has 0 atom stereocenters. The molecule has 0 saturated heterocycles. The van der Waals surface area contributed by atoms with Crippen LogP contribution in [-0.2, 0) is 0 Å². The van der Waals surface area contributed by atoms with Crippen LogP contribution in [0.25, 0.3) is 33.4 Å². The molecule has 0 aromatic heterocycles. The maximum Gasteiger partial charge on any atom is 0.489 e. The van der Waals surface area contributed by atoms with Crippen LogP contribution in [0.2, 0.25) is 0 Å². The van der Waals surface area contributed by atoms with Crippen LogP contribution >= 0.6 is 0 Å². The quantitative estimate of drug-likeness (QED) is 0.212. The van der Waals surface area contributed by atoms with E-state index in [4.69, 9.17) is 0 Å². The lowest BCUT2D eigenvalue weighted by Crippen LogP contribution is -2.31. The molecule has 3 nitrogen and oxygen atoms in total. The summed E-state index contributed by atoms with van der Waals surface area (Å²) in [6.45, 7) is 0. The van der Waals surface area contributed by atoms with Crippen molar-refractivity contribution in [1.82, 2.24) is 0 Å². The van der Waals surface area contributed by atoms with Gasteiger partial charge in [-0.3, -0.25) is 0 Å². The molecule has 0 bridgehead atoms. The highest BCUT2D eigenvalue weighted by Gasteiger charge is 2.18. The van der Waals surface area contributed by atoms with Crippen LogP contribution in [0.5, 0.6) is 0 Å². The van der Waals surface area contributed by atoms with Gasteiger partial charge >= 0.3 is 7.12 Å². The van der Waals surface area contributed by atoms with Crippen molar-refractivity contribution in [2.45, 2.75) is 0 Å². The average Bonchev–Trinajstić information content (AvgIpc) is 3.02. The van der Waals surface area contributed by atoms with Crippen molar-refractivity contribution < 1.29 is 10.0 Å². The summed E-state index contributed by atoms with van der Waals surface area (Å²) in [7, 11) is -1.55. The molecule has 0 amide bonds. The van der Waals surface area contributed by atoms with Gasteiger partial charge in [-0.05, 0) is 75.2 Å². The summed E-state index contributed by atoms with van der Waals surface area (Å²) < 4.78 is 0. The Morgan fingerprint density at radius 3 is 1.48 bits per heavy atom. The van der Waals surface area contributed by atoms with E-state index in [2.05, 4.69) is 102 Å². The molecule has 0 saturated carbocycles. The number of anilines is 3. The summed E-state index contributed by atoms with van der Waals surface area (Å²) in [6, 6.07) is 53.5. The van der Waals surface area contributed by atoms with Gasteiger partial charge in [0.05, 0.1) is 0 Å². The fourth-order valence-electron chi connectivity index (χ4n) is 5.13. The first kappa shape index (κ1) is 25.4. The molecule has 6 aromatic rings. The largest absolute Gasteiger partial charge is 0.489 e. The summed E-state index contributed by atoms with van der Waals surface area (Å²) >= 11 is 0. The van der Waals surface area contributed by atoms with Gasteiger partial charge in [0.15, 0.2) is 0 Å². The van der Waals surface area contributed by atoms with Crippen molar-refractivity contribution in [3.63, 3.8) is 0 Å². The topological polar surface area (TPSA) is 43.7 Å². The lowest BCUT2D eigenvalue weighted by molar-refractivity contribution is 0.426. The Balaban J connectivity index is 1.41. The fraction of sp³-hybridized carbons (Fsp3) is 0. The molecule has 0 fully saturated rings. The lowest BCUT2D eigenvalue weighted by atomic mass is 9.75. The third-order valence-electron chi connectivity index (χ3n) is 7.10. The average molecular weight is 517 g/mol. The van der Waals surface area contributed by atoms with E-state index in [1.54, 1.807) is 6.07 Å². The van der Waals surface area contributed by atoms with Gasteiger partial charge in [0, 0.05) is 17.1 Å². The van der Waals surface area contributed by atoms with Crippen LogP contribution in [0.15, 0.2) is 158 Å². The van der Waals surface area contributed by atoms with Gasteiger partial charge in [-0.1, -0.05) is 121 Å². The summed E-state index contributed by atoms with van der Waals surface area (Å²) in [5.41, 5.74) is 9.89. The maximum absolute atomic E-state index is 9.97. The third kappa shape index (κ3) is 5.32. The third-order valence-corrected chi connectivity index (χ3v) is 7.10. The van der Waals surface area contributed by atoms with Crippen molar-refractivity contribution >= 4 is 29.6 Å². The smallest absolute Gasteiger partial charge is 0.423 e. The molecule has 40 heavy (non-hydrogen) atoms. The second-order valence-corrected chi connectivity index (χ2v) is 9.68. The molecule has 0 aliphatic carbocycles. The molecule has 192 valence electrons. The fourth-order valence-corrected chi connectivity index (χ4v) is 5.13. The SMILES string of the molecule is OB(O)c1ccccc1-c1cccc(N(c2ccccc2)c2cccc(-c3ccc(-c4ccccc4)cc3)c2)c1. The number of rotatable bonds is 7. The zero-order chi connectivity index (χ0) is 27.3. The van der Waals surface area contributed by atoms with E-state index in [0.29, 0.717) is 5.46 Å². The minimum absolute atomic E-state index is 0.479. The molecule has 2 N–H and O–H groups in total. The number of benzene rings is 6. The van der Waals surface area contributed by atoms with Gasteiger partial charge in [0.2, 0.25) is 0 Å². The molecule has 0 heterocycles. The Kier molecular flexibility index (Phi) is 7.27. The Labute approximate surface area is 235 Å². The molecule has 6 rings (SSSR count). The summed E-state index contributed by atoms with van der Waals surface area (Å²) in [5.74, 6) is 0. The van der Waals surface area contributed by atoms with Gasteiger partial charge in [0.1, 0.15) is 0 Å². The van der Waals surface area contributed by atoms with E-state index in [1.807, 2.05) is 54.6 Å². The van der Waals surface area contributed by atoms with Crippen LogP contribution < -0.4 is 10.4 Å². The minimum Gasteiger partial charge on any atom is -0.423 e. The van der Waals surface area contributed by atoms with E-state index < -0.39 is 7.12 Å². The standard InChI is InChI=1S/C36H28BNO2/c39-37(40)36-20-8-7-19-35(36)31-14-10-18-34(26-31)38(32-15-5-2-6-16-32)33-17-9-13-30(25-33)29-23-21-28(22-24-29)27-11-3-1-4-12-27/h1-26,39-40H. The van der Waals surface area contributed by atoms with Gasteiger partial charge in [-0.25, -0.2) is 0 Å². The first-order chi connectivity index (χ1) is 19.7. The van der Waals surface area contributed by atoms with Crippen LogP contribution in [0, 0.1) is 0 Å². The highest BCUT2D eigenvalue weighted by Crippen LogP contribution is 2.38. The number of hydrogen-bond acceptors (Lipinski definition) is 3. The monoisotopic (exact) mass is 517 g/mol. The van der Waals surface area contributed by atoms with Gasteiger partial charge in [-0.2, -0.15) is 0 Å². The molecular formula is C36H28BNO2. The molecule has 0 radical (unpaired) electrons. The number of nitrogens with zero attached hydrogens (tertiary/aromatic N) is 1. The van der Waals surface area contributed by atoms with Gasteiger partial charge < -0.3 is 14.9 Å². The highest BCUT2D eigenvalue weighted by atomic mass is 16.4. The normalized spacial score (nSPS) is 10.8. The first-order valence-corrected chi connectivity index (χ1v) is 13.3. The molecular weight excluding hydrogens is 489 g/mol. The van der Waals surface area contributed by atoms with Crippen molar-refractivity contribution in [2.75, 3.05) is 4.90 Å². The van der Waals surface area contributed by atoms with Crippen LogP contribution in [-0.4, -0.2) is 17.2 Å². The highest BCUT2D eigenvalue weighted by molar-refractivity contribution is 6.60. The van der Waals surface area contributed by atoms with Crippen LogP contribution in [0.4, 0.5) is 17.1 Å². The van der Waals surface area contributed by atoms with E-state index in [1.165, 1.54) is 11.1 Å². The van der Waals surface area contributed by atoms with Gasteiger partial charge in [-0.15, -0.1) is 0 Å². The van der Waals surface area contributed by atoms with E-state index in [-0.39, 0.29) is 0 Å². The van der Waals surface area contributed by atoms with Crippen molar-refractivity contribution in [1.29, 1.82) is 0 Å². The lowest BCUT2D eigenvalue weighted by Gasteiger charge is -2.26. The van der Waals surface area contributed by atoms with E-state index >= 15 is 0 Å². The minimum atomic E-state index is -1.55. The van der Waals surface area contributed by atoms with Crippen molar-refractivity contribution in [3.8, 4) is 33.4 Å². The maximum atomic E-state index is 9.97. The Morgan fingerprint density at radius 2 is 0.825 bits per heavy atom. The zero-order valence-electron chi connectivity index (χ0n) is 21.9. The summed E-state index contributed by atoms with van der Waals surface area (Å²) in [5, 5.41) is 19.9. The molecule has 0 aliphatic rings. The Morgan fingerprint density at radius 1 is 0.375 bits per heavy atom. The predicted octanol–water partition coefficient (Wildman–Crippen LogP) is 7.84. The van der Waals surface area contributed by atoms with Crippen molar-refractivity contribution in [3.05, 3.63) is 158 Å².